The first-order valence-corrected chi connectivity index (χ1v) is 19.5. The third kappa shape index (κ3) is 11.7. The molecule has 308 valence electrons. The van der Waals surface area contributed by atoms with E-state index >= 15 is 0 Å². The summed E-state index contributed by atoms with van der Waals surface area (Å²) in [5.74, 6) is -0.840. The highest BCUT2D eigenvalue weighted by molar-refractivity contribution is 5.89. The molecule has 14 heteroatoms. The Hall–Kier alpha value is -4.69. The number of fused-ring (bicyclic) bond motifs is 1. The van der Waals surface area contributed by atoms with Crippen LogP contribution in [0.2, 0.25) is 0 Å². The van der Waals surface area contributed by atoms with Crippen LogP contribution in [-0.4, -0.2) is 111 Å². The molecule has 4 rings (SSSR count). The first-order valence-electron chi connectivity index (χ1n) is 19.5. The molecular weight excluding hydrogens is 713 g/mol. The fourth-order valence-electron chi connectivity index (χ4n) is 7.08. The third-order valence-corrected chi connectivity index (χ3v) is 10.2. The number of aromatic nitrogens is 2. The van der Waals surface area contributed by atoms with E-state index in [1.54, 1.807) is 14.8 Å². The number of amides is 5. The summed E-state index contributed by atoms with van der Waals surface area (Å²) in [5.41, 5.74) is 4.20. The largest absolute Gasteiger partial charge is 0.453 e. The van der Waals surface area contributed by atoms with Crippen LogP contribution in [0.4, 0.5) is 9.59 Å². The summed E-state index contributed by atoms with van der Waals surface area (Å²) in [7, 11) is 3.12. The van der Waals surface area contributed by atoms with E-state index in [1.165, 1.54) is 7.11 Å². The van der Waals surface area contributed by atoms with Crippen LogP contribution in [0.15, 0.2) is 54.6 Å². The van der Waals surface area contributed by atoms with Gasteiger partial charge in [0.15, 0.2) is 0 Å². The second-order valence-corrected chi connectivity index (χ2v) is 18.3. The van der Waals surface area contributed by atoms with Crippen LogP contribution in [0.3, 0.4) is 0 Å². The number of hydrogen-bond donors (Lipinski definition) is 4. The summed E-state index contributed by atoms with van der Waals surface area (Å²) in [4.78, 5) is 57.9. The van der Waals surface area contributed by atoms with Crippen molar-refractivity contribution >= 4 is 34.8 Å². The summed E-state index contributed by atoms with van der Waals surface area (Å²) >= 11 is 0. The lowest BCUT2D eigenvalue weighted by Gasteiger charge is -2.38. The van der Waals surface area contributed by atoms with Gasteiger partial charge in [0.25, 0.3) is 5.91 Å². The molecule has 1 aliphatic rings. The zero-order valence-electron chi connectivity index (χ0n) is 35.2. The topological polar surface area (TPSA) is 161 Å². The fourth-order valence-corrected chi connectivity index (χ4v) is 7.08. The molecule has 4 atom stereocenters. The molecule has 1 aromatic heterocycles. The highest BCUT2D eigenvalue weighted by Crippen LogP contribution is 2.30. The summed E-state index contributed by atoms with van der Waals surface area (Å²) in [6.07, 6.45) is -0.906. The molecule has 0 aliphatic carbocycles. The van der Waals surface area contributed by atoms with Crippen molar-refractivity contribution < 1.29 is 29.0 Å². The van der Waals surface area contributed by atoms with Crippen molar-refractivity contribution in [1.82, 2.24) is 40.6 Å². The lowest BCUT2D eigenvalue weighted by atomic mass is 9.84. The van der Waals surface area contributed by atoms with Crippen LogP contribution in [0.25, 0.3) is 10.9 Å². The maximum atomic E-state index is 14.5. The monoisotopic (exact) mass is 776 g/mol. The van der Waals surface area contributed by atoms with E-state index in [4.69, 9.17) is 4.74 Å². The number of rotatable bonds is 15. The van der Waals surface area contributed by atoms with Crippen LogP contribution < -0.4 is 16.1 Å². The van der Waals surface area contributed by atoms with E-state index in [0.29, 0.717) is 39.0 Å². The van der Waals surface area contributed by atoms with Crippen molar-refractivity contribution in [2.75, 3.05) is 33.3 Å². The van der Waals surface area contributed by atoms with Gasteiger partial charge in [-0.1, -0.05) is 111 Å². The Morgan fingerprint density at radius 3 is 2.14 bits per heavy atom. The average Bonchev–Trinajstić information content (AvgIpc) is 3.62. The average molecular weight is 777 g/mol. The molecule has 0 spiro atoms. The number of para-hydroxylation sites is 1. The van der Waals surface area contributed by atoms with Crippen molar-refractivity contribution in [1.29, 1.82) is 0 Å². The van der Waals surface area contributed by atoms with Gasteiger partial charge >= 0.3 is 12.1 Å². The fraction of sp³-hybridized carbons (Fsp3) is 0.595. The number of benzene rings is 2. The molecule has 4 N–H and O–H groups in total. The predicted molar refractivity (Wildman–Crippen MR) is 217 cm³/mol. The molecular formula is C42H64N8O6. The van der Waals surface area contributed by atoms with Crippen LogP contribution in [0, 0.1) is 16.2 Å². The number of aryl methyl sites for hydroxylation is 1. The van der Waals surface area contributed by atoms with Crippen LogP contribution in [0.5, 0.6) is 0 Å². The number of hydrazine groups is 1. The Morgan fingerprint density at radius 1 is 0.893 bits per heavy atom. The Bertz CT molecular complexity index is 1810. The van der Waals surface area contributed by atoms with Gasteiger partial charge in [0.1, 0.15) is 12.1 Å². The number of urea groups is 1. The quantitative estimate of drug-likeness (QED) is 0.159. The SMILES string of the molecule is COC(=O)N[C@H](C(=O)NN(CCC(C)(C)C)C[C@H](O)[C@H](Cc1ccccc1)NC(=O)[C@@H](N1CCN(Cc2nn(C)c3ccccc23)C1=O)C(C)(C)C)C(C)(C)C. The number of nitrogens with zero attached hydrogens (tertiary/aromatic N) is 5. The Morgan fingerprint density at radius 2 is 1.54 bits per heavy atom. The third-order valence-electron chi connectivity index (χ3n) is 10.2. The van der Waals surface area contributed by atoms with Gasteiger partial charge in [-0.3, -0.25) is 19.7 Å². The standard InChI is InChI=1S/C42H64N8O6/c1-40(2,3)21-22-49(46-36(52)34(41(4,5)6)44-38(54)56-11)27-33(51)30(25-28-17-13-12-14-18-28)43-37(53)35(42(7,8)9)50-24-23-48(39(50)55)26-31-29-19-15-16-20-32(29)47(10)45-31/h12-20,30,33-35,51H,21-27H2,1-11H3,(H,43,53)(H,44,54)(H,46,52)/t30-,33-,34+,35+/m0/s1. The second-order valence-electron chi connectivity index (χ2n) is 18.3. The zero-order chi connectivity index (χ0) is 41.6. The van der Waals surface area contributed by atoms with Crippen LogP contribution in [0.1, 0.15) is 80.0 Å². The van der Waals surface area contributed by atoms with Gasteiger partial charge in [-0.2, -0.15) is 5.10 Å². The maximum absolute atomic E-state index is 14.5. The number of nitrogens with one attached hydrogen (secondary N) is 3. The van der Waals surface area contributed by atoms with Gasteiger partial charge in [-0.25, -0.2) is 14.6 Å². The molecule has 0 bridgehead atoms. The summed E-state index contributed by atoms with van der Waals surface area (Å²) in [6.45, 7) is 19.0. The number of ether oxygens (including phenoxy) is 1. The van der Waals surface area contributed by atoms with Gasteiger partial charge in [0, 0.05) is 38.6 Å². The van der Waals surface area contributed by atoms with Crippen molar-refractivity contribution in [3.8, 4) is 0 Å². The van der Waals surface area contributed by atoms with E-state index in [9.17, 15) is 24.3 Å². The van der Waals surface area contributed by atoms with Gasteiger partial charge in [-0.15, -0.1) is 0 Å². The number of aliphatic hydroxyl groups is 1. The molecule has 1 aliphatic heterocycles. The first-order chi connectivity index (χ1) is 26.1. The minimum atomic E-state index is -1.15. The van der Waals surface area contributed by atoms with E-state index in [2.05, 4.69) is 41.9 Å². The van der Waals surface area contributed by atoms with Gasteiger partial charge < -0.3 is 30.3 Å². The molecule has 1 saturated heterocycles. The maximum Gasteiger partial charge on any atom is 0.407 e. The molecule has 14 nitrogen and oxygen atoms in total. The summed E-state index contributed by atoms with van der Waals surface area (Å²) in [6, 6.07) is 14.6. The highest BCUT2D eigenvalue weighted by atomic mass is 16.5. The van der Waals surface area contributed by atoms with Crippen molar-refractivity contribution in [2.45, 2.75) is 106 Å². The molecule has 0 unspecified atom stereocenters. The van der Waals surface area contributed by atoms with Crippen LogP contribution >= 0.6 is 0 Å². The molecule has 5 amide bonds. The second kappa shape index (κ2) is 18.1. The van der Waals surface area contributed by atoms with Gasteiger partial charge in [0.2, 0.25) is 5.91 Å². The summed E-state index contributed by atoms with van der Waals surface area (Å²) in [5, 5.41) is 25.1. The van der Waals surface area contributed by atoms with E-state index in [-0.39, 0.29) is 23.9 Å². The normalized spacial score (nSPS) is 16.1. The molecule has 0 radical (unpaired) electrons. The first kappa shape index (κ1) is 44.0. The molecule has 2 aromatic carbocycles. The number of aliphatic hydroxyl groups excluding tert-OH is 1. The smallest absolute Gasteiger partial charge is 0.407 e. The lowest BCUT2D eigenvalue weighted by Crippen LogP contribution is -2.61. The number of carbonyl (C=O) groups excluding carboxylic acids is 4. The number of hydrogen-bond acceptors (Lipinski definition) is 8. The lowest BCUT2D eigenvalue weighted by molar-refractivity contribution is -0.133. The number of carbonyl (C=O) groups is 4. The Balaban J connectivity index is 1.58. The zero-order valence-corrected chi connectivity index (χ0v) is 35.2. The van der Waals surface area contributed by atoms with Gasteiger partial charge in [-0.05, 0) is 40.7 Å². The van der Waals surface area contributed by atoms with E-state index in [1.807, 2.05) is 108 Å². The summed E-state index contributed by atoms with van der Waals surface area (Å²) < 4.78 is 6.60. The van der Waals surface area contributed by atoms with Crippen molar-refractivity contribution in [2.24, 2.45) is 23.3 Å². The molecule has 1 fully saturated rings. The molecule has 2 heterocycles. The Kier molecular flexibility index (Phi) is 14.2. The number of methoxy groups -OCH3 is 1. The Labute approximate surface area is 332 Å². The molecule has 56 heavy (non-hydrogen) atoms. The predicted octanol–water partition coefficient (Wildman–Crippen LogP) is 4.85. The van der Waals surface area contributed by atoms with E-state index in [0.717, 1.165) is 22.2 Å². The van der Waals surface area contributed by atoms with Crippen molar-refractivity contribution in [3.05, 3.63) is 65.9 Å². The van der Waals surface area contributed by atoms with Gasteiger partial charge in [0.05, 0.1) is 37.0 Å². The van der Waals surface area contributed by atoms with Crippen molar-refractivity contribution in [3.63, 3.8) is 0 Å². The number of alkyl carbamates (subject to hydrolysis) is 1. The van der Waals surface area contributed by atoms with Crippen LogP contribution in [-0.2, 0) is 34.3 Å². The molecule has 0 saturated carbocycles. The minimum Gasteiger partial charge on any atom is -0.453 e. The van der Waals surface area contributed by atoms with E-state index < -0.39 is 47.1 Å². The highest BCUT2D eigenvalue weighted by Gasteiger charge is 2.45. The minimum absolute atomic E-state index is 0.0245. The molecule has 3 aromatic rings.